The zero-order valence-corrected chi connectivity index (χ0v) is 12.0. The smallest absolute Gasteiger partial charge is 0.0432 e. The van der Waals surface area contributed by atoms with Gasteiger partial charge in [0.1, 0.15) is 0 Å². The third-order valence-electron chi connectivity index (χ3n) is 3.95. The molecule has 0 heterocycles. The second-order valence-corrected chi connectivity index (χ2v) is 5.68. The van der Waals surface area contributed by atoms with E-state index in [2.05, 4.69) is 60.4 Å². The summed E-state index contributed by atoms with van der Waals surface area (Å²) in [5.41, 5.74) is 11.2. The molecule has 0 amide bonds. The second-order valence-electron chi connectivity index (χ2n) is 5.68. The van der Waals surface area contributed by atoms with Crippen LogP contribution in [0, 0.1) is 6.92 Å². The van der Waals surface area contributed by atoms with Gasteiger partial charge in [0.05, 0.1) is 0 Å². The lowest BCUT2D eigenvalue weighted by Gasteiger charge is -2.27. The standard InChI is InChI=1S/C18H22N2/c1-14-7-8-16(12-19)18(11-14)20(17-9-10-17)13-15-5-3-2-4-6-15/h2-8,11,17H,9-10,12-13,19H2,1H3. The topological polar surface area (TPSA) is 29.3 Å². The Morgan fingerprint density at radius 1 is 1.10 bits per heavy atom. The highest BCUT2D eigenvalue weighted by Crippen LogP contribution is 2.35. The van der Waals surface area contributed by atoms with Crippen LogP contribution in [-0.4, -0.2) is 6.04 Å². The number of benzene rings is 2. The average Bonchev–Trinajstić information content (AvgIpc) is 3.30. The van der Waals surface area contributed by atoms with Crippen LogP contribution in [0.1, 0.15) is 29.5 Å². The molecule has 2 aromatic carbocycles. The molecular formula is C18H22N2. The van der Waals surface area contributed by atoms with E-state index in [4.69, 9.17) is 5.73 Å². The van der Waals surface area contributed by atoms with Gasteiger partial charge in [-0.05, 0) is 42.5 Å². The Kier molecular flexibility index (Phi) is 3.75. The third kappa shape index (κ3) is 2.86. The van der Waals surface area contributed by atoms with E-state index < -0.39 is 0 Å². The molecule has 0 aliphatic heterocycles. The number of hydrogen-bond acceptors (Lipinski definition) is 2. The molecule has 1 aliphatic carbocycles. The monoisotopic (exact) mass is 266 g/mol. The highest BCUT2D eigenvalue weighted by Gasteiger charge is 2.30. The maximum absolute atomic E-state index is 5.93. The van der Waals surface area contributed by atoms with Gasteiger partial charge in [0.15, 0.2) is 0 Å². The lowest BCUT2D eigenvalue weighted by molar-refractivity contribution is 0.785. The number of nitrogens with zero attached hydrogens (tertiary/aromatic N) is 1. The first-order chi connectivity index (χ1) is 9.78. The molecule has 0 unspecified atom stereocenters. The lowest BCUT2D eigenvalue weighted by Crippen LogP contribution is -2.26. The predicted molar refractivity (Wildman–Crippen MR) is 84.7 cm³/mol. The first-order valence-corrected chi connectivity index (χ1v) is 7.38. The summed E-state index contributed by atoms with van der Waals surface area (Å²) < 4.78 is 0. The van der Waals surface area contributed by atoms with Crippen molar-refractivity contribution in [2.24, 2.45) is 5.73 Å². The molecule has 0 saturated heterocycles. The van der Waals surface area contributed by atoms with Gasteiger partial charge in [-0.15, -0.1) is 0 Å². The van der Waals surface area contributed by atoms with Crippen LogP contribution in [0.15, 0.2) is 48.5 Å². The minimum Gasteiger partial charge on any atom is -0.364 e. The Hall–Kier alpha value is -1.80. The minimum absolute atomic E-state index is 0.605. The van der Waals surface area contributed by atoms with Gasteiger partial charge in [-0.3, -0.25) is 0 Å². The van der Waals surface area contributed by atoms with Crippen molar-refractivity contribution in [2.45, 2.75) is 38.9 Å². The maximum Gasteiger partial charge on any atom is 0.0432 e. The second kappa shape index (κ2) is 5.68. The van der Waals surface area contributed by atoms with E-state index in [0.717, 1.165) is 6.54 Å². The SMILES string of the molecule is Cc1ccc(CN)c(N(Cc2ccccc2)C2CC2)c1. The van der Waals surface area contributed by atoms with E-state index >= 15 is 0 Å². The van der Waals surface area contributed by atoms with Crippen molar-refractivity contribution in [3.05, 3.63) is 65.2 Å². The first kappa shape index (κ1) is 13.2. The van der Waals surface area contributed by atoms with E-state index in [1.165, 1.54) is 35.2 Å². The molecule has 1 aliphatic rings. The van der Waals surface area contributed by atoms with Crippen molar-refractivity contribution >= 4 is 5.69 Å². The van der Waals surface area contributed by atoms with Crippen LogP contribution in [0.4, 0.5) is 5.69 Å². The zero-order valence-electron chi connectivity index (χ0n) is 12.0. The summed E-state index contributed by atoms with van der Waals surface area (Å²) >= 11 is 0. The molecule has 0 radical (unpaired) electrons. The van der Waals surface area contributed by atoms with Crippen LogP contribution in [0.3, 0.4) is 0 Å². The van der Waals surface area contributed by atoms with Gasteiger partial charge in [-0.2, -0.15) is 0 Å². The van der Waals surface area contributed by atoms with Crippen molar-refractivity contribution in [1.82, 2.24) is 0 Å². The molecular weight excluding hydrogens is 244 g/mol. The van der Waals surface area contributed by atoms with E-state index in [1.54, 1.807) is 0 Å². The van der Waals surface area contributed by atoms with Gasteiger partial charge < -0.3 is 10.6 Å². The maximum atomic E-state index is 5.93. The van der Waals surface area contributed by atoms with Gasteiger partial charge in [0, 0.05) is 24.8 Å². The van der Waals surface area contributed by atoms with Crippen molar-refractivity contribution in [1.29, 1.82) is 0 Å². The van der Waals surface area contributed by atoms with E-state index in [-0.39, 0.29) is 0 Å². The molecule has 0 spiro atoms. The van der Waals surface area contributed by atoms with Gasteiger partial charge in [-0.25, -0.2) is 0 Å². The van der Waals surface area contributed by atoms with E-state index in [9.17, 15) is 0 Å². The first-order valence-electron chi connectivity index (χ1n) is 7.38. The fourth-order valence-electron chi connectivity index (χ4n) is 2.69. The van der Waals surface area contributed by atoms with Crippen LogP contribution < -0.4 is 10.6 Å². The van der Waals surface area contributed by atoms with Crippen LogP contribution in [-0.2, 0) is 13.1 Å². The summed E-state index contributed by atoms with van der Waals surface area (Å²) in [4.78, 5) is 2.53. The van der Waals surface area contributed by atoms with E-state index in [1.807, 2.05) is 0 Å². The molecule has 0 atom stereocenters. The number of rotatable bonds is 5. The van der Waals surface area contributed by atoms with Crippen LogP contribution in [0.5, 0.6) is 0 Å². The molecule has 2 nitrogen and oxygen atoms in total. The van der Waals surface area contributed by atoms with Gasteiger partial charge in [0.2, 0.25) is 0 Å². The number of aryl methyl sites for hydroxylation is 1. The fraction of sp³-hybridized carbons (Fsp3) is 0.333. The molecule has 2 N–H and O–H groups in total. The Bertz CT molecular complexity index is 573. The van der Waals surface area contributed by atoms with Gasteiger partial charge in [0.25, 0.3) is 0 Å². The van der Waals surface area contributed by atoms with Crippen molar-refractivity contribution in [3.8, 4) is 0 Å². The van der Waals surface area contributed by atoms with Crippen LogP contribution >= 0.6 is 0 Å². The average molecular weight is 266 g/mol. The molecule has 3 rings (SSSR count). The van der Waals surface area contributed by atoms with Gasteiger partial charge in [-0.1, -0.05) is 42.5 Å². The number of nitrogens with two attached hydrogens (primary N) is 1. The summed E-state index contributed by atoms with van der Waals surface area (Å²) in [6.07, 6.45) is 2.59. The van der Waals surface area contributed by atoms with Crippen molar-refractivity contribution in [3.63, 3.8) is 0 Å². The summed E-state index contributed by atoms with van der Waals surface area (Å²) in [5, 5.41) is 0. The van der Waals surface area contributed by atoms with Crippen molar-refractivity contribution < 1.29 is 0 Å². The highest BCUT2D eigenvalue weighted by atomic mass is 15.2. The molecule has 20 heavy (non-hydrogen) atoms. The third-order valence-corrected chi connectivity index (χ3v) is 3.95. The normalized spacial score (nSPS) is 14.3. The molecule has 2 heteroatoms. The summed E-state index contributed by atoms with van der Waals surface area (Å²) in [6, 6.07) is 18.0. The van der Waals surface area contributed by atoms with E-state index in [0.29, 0.717) is 12.6 Å². The molecule has 2 aromatic rings. The quantitative estimate of drug-likeness (QED) is 0.895. The zero-order chi connectivity index (χ0) is 13.9. The Labute approximate surface area is 121 Å². The highest BCUT2D eigenvalue weighted by molar-refractivity contribution is 5.57. The van der Waals surface area contributed by atoms with Crippen molar-refractivity contribution in [2.75, 3.05) is 4.90 Å². The number of anilines is 1. The molecule has 0 bridgehead atoms. The lowest BCUT2D eigenvalue weighted by atomic mass is 10.1. The Morgan fingerprint density at radius 3 is 2.50 bits per heavy atom. The predicted octanol–water partition coefficient (Wildman–Crippen LogP) is 3.62. The van der Waals surface area contributed by atoms with Crippen LogP contribution in [0.25, 0.3) is 0 Å². The minimum atomic E-state index is 0.605. The molecule has 1 fully saturated rings. The Morgan fingerprint density at radius 2 is 1.85 bits per heavy atom. The fourth-order valence-corrected chi connectivity index (χ4v) is 2.69. The molecule has 0 aromatic heterocycles. The molecule has 104 valence electrons. The Balaban J connectivity index is 1.93. The molecule has 1 saturated carbocycles. The largest absolute Gasteiger partial charge is 0.364 e. The summed E-state index contributed by atoms with van der Waals surface area (Å²) in [7, 11) is 0. The summed E-state index contributed by atoms with van der Waals surface area (Å²) in [5.74, 6) is 0. The number of hydrogen-bond donors (Lipinski definition) is 1. The van der Waals surface area contributed by atoms with Crippen LogP contribution in [0.2, 0.25) is 0 Å². The van der Waals surface area contributed by atoms with Gasteiger partial charge >= 0.3 is 0 Å². The summed E-state index contributed by atoms with van der Waals surface area (Å²) in [6.45, 7) is 3.73.